The molecule has 25 heavy (non-hydrogen) atoms. The van der Waals surface area contributed by atoms with Crippen molar-refractivity contribution in [2.45, 2.75) is 32.9 Å². The number of anilines is 2. The lowest BCUT2D eigenvalue weighted by molar-refractivity contribution is 0.0240. The van der Waals surface area contributed by atoms with Crippen molar-refractivity contribution in [3.05, 3.63) is 18.0 Å². The third-order valence-corrected chi connectivity index (χ3v) is 3.69. The molecule has 10 nitrogen and oxygen atoms in total. The van der Waals surface area contributed by atoms with Crippen LogP contribution in [-0.2, 0) is 11.3 Å². The molecule has 2 aromatic heterocycles. The molecule has 1 fully saturated rings. The zero-order chi connectivity index (χ0) is 17.9. The molecular formula is C15H24N8O2. The van der Waals surface area contributed by atoms with E-state index in [1.807, 2.05) is 31.7 Å². The maximum absolute atomic E-state index is 12.1. The summed E-state index contributed by atoms with van der Waals surface area (Å²) < 4.78 is 5.40. The highest BCUT2D eigenvalue weighted by molar-refractivity contribution is 5.68. The summed E-state index contributed by atoms with van der Waals surface area (Å²) in [5.41, 5.74) is 0.483. The third-order valence-electron chi connectivity index (χ3n) is 3.69. The Kier molecular flexibility index (Phi) is 4.77. The Hall–Kier alpha value is -2.78. The van der Waals surface area contributed by atoms with Crippen molar-refractivity contribution in [2.75, 3.05) is 36.4 Å². The minimum absolute atomic E-state index is 0.274. The molecule has 0 atom stereocenters. The second-order valence-corrected chi connectivity index (χ2v) is 6.87. The first-order valence-electron chi connectivity index (χ1n) is 8.28. The van der Waals surface area contributed by atoms with Gasteiger partial charge >= 0.3 is 6.09 Å². The lowest BCUT2D eigenvalue weighted by Gasteiger charge is -2.35. The molecule has 1 saturated heterocycles. The van der Waals surface area contributed by atoms with E-state index < -0.39 is 5.60 Å². The van der Waals surface area contributed by atoms with E-state index in [-0.39, 0.29) is 6.09 Å². The lowest BCUT2D eigenvalue weighted by Crippen LogP contribution is -2.50. The van der Waals surface area contributed by atoms with Gasteiger partial charge in [0.05, 0.1) is 12.2 Å². The highest BCUT2D eigenvalue weighted by Crippen LogP contribution is 2.15. The summed E-state index contributed by atoms with van der Waals surface area (Å²) in [7, 11) is 0. The monoisotopic (exact) mass is 348 g/mol. The van der Waals surface area contributed by atoms with Gasteiger partial charge in [0, 0.05) is 32.4 Å². The summed E-state index contributed by atoms with van der Waals surface area (Å²) in [6, 6.07) is 1.89. The minimum atomic E-state index is -0.479. The molecule has 0 aromatic carbocycles. The Bertz CT molecular complexity index is 683. The van der Waals surface area contributed by atoms with E-state index in [4.69, 9.17) is 4.74 Å². The van der Waals surface area contributed by atoms with Crippen molar-refractivity contribution in [1.82, 2.24) is 30.3 Å². The van der Waals surface area contributed by atoms with Crippen LogP contribution in [0.2, 0.25) is 0 Å². The number of hydrogen-bond acceptors (Lipinski definition) is 7. The highest BCUT2D eigenvalue weighted by Gasteiger charge is 2.27. The topological polar surface area (TPSA) is 115 Å². The average Bonchev–Trinajstić information content (AvgIpc) is 3.23. The van der Waals surface area contributed by atoms with Crippen LogP contribution in [0.1, 0.15) is 26.5 Å². The summed E-state index contributed by atoms with van der Waals surface area (Å²) in [5.74, 6) is 1.22. The van der Waals surface area contributed by atoms with E-state index in [0.717, 1.165) is 5.69 Å². The molecule has 2 aromatic rings. The van der Waals surface area contributed by atoms with Crippen LogP contribution in [0.25, 0.3) is 0 Å². The molecule has 3 rings (SSSR count). The van der Waals surface area contributed by atoms with Crippen molar-refractivity contribution < 1.29 is 9.53 Å². The molecular weight excluding hydrogens is 324 g/mol. The zero-order valence-corrected chi connectivity index (χ0v) is 14.7. The summed E-state index contributed by atoms with van der Waals surface area (Å²) in [4.78, 5) is 20.3. The van der Waals surface area contributed by atoms with Crippen molar-refractivity contribution in [2.24, 2.45) is 0 Å². The summed E-state index contributed by atoms with van der Waals surface area (Å²) >= 11 is 0. The molecule has 3 heterocycles. The Labute approximate surface area is 145 Å². The van der Waals surface area contributed by atoms with E-state index in [1.54, 1.807) is 11.1 Å². The minimum Gasteiger partial charge on any atom is -0.444 e. The average molecular weight is 348 g/mol. The molecule has 0 spiro atoms. The summed E-state index contributed by atoms with van der Waals surface area (Å²) in [6.45, 7) is 8.68. The maximum Gasteiger partial charge on any atom is 0.410 e. The first kappa shape index (κ1) is 17.1. The van der Waals surface area contributed by atoms with Gasteiger partial charge in [-0.15, -0.1) is 5.10 Å². The Morgan fingerprint density at radius 1 is 1.28 bits per heavy atom. The van der Waals surface area contributed by atoms with E-state index in [2.05, 4.69) is 30.7 Å². The number of nitrogens with one attached hydrogen (secondary N) is 3. The van der Waals surface area contributed by atoms with Gasteiger partial charge in [0.25, 0.3) is 0 Å². The van der Waals surface area contributed by atoms with Gasteiger partial charge in [-0.2, -0.15) is 10.1 Å². The van der Waals surface area contributed by atoms with E-state index in [0.29, 0.717) is 44.6 Å². The number of nitrogens with zero attached hydrogens (tertiary/aromatic N) is 5. The SMILES string of the molecule is CC(C)(C)OC(=O)N1CCN(c2n[nH]c(NCc3ccn[nH]3)n2)CC1. The fourth-order valence-corrected chi connectivity index (χ4v) is 2.45. The van der Waals surface area contributed by atoms with Gasteiger partial charge in [0.1, 0.15) is 5.60 Å². The maximum atomic E-state index is 12.1. The first-order valence-corrected chi connectivity index (χ1v) is 8.28. The van der Waals surface area contributed by atoms with Gasteiger partial charge in [0.2, 0.25) is 11.9 Å². The second kappa shape index (κ2) is 6.99. The lowest BCUT2D eigenvalue weighted by atomic mass is 10.2. The predicted octanol–water partition coefficient (Wildman–Crippen LogP) is 1.20. The van der Waals surface area contributed by atoms with Crippen molar-refractivity contribution in [3.63, 3.8) is 0 Å². The first-order chi connectivity index (χ1) is 11.9. The van der Waals surface area contributed by atoms with Crippen LogP contribution in [0.5, 0.6) is 0 Å². The number of rotatable bonds is 4. The quantitative estimate of drug-likeness (QED) is 0.760. The van der Waals surface area contributed by atoms with Gasteiger partial charge in [-0.05, 0) is 26.8 Å². The number of ether oxygens (including phenoxy) is 1. The van der Waals surface area contributed by atoms with Crippen LogP contribution in [0, 0.1) is 0 Å². The standard InChI is InChI=1S/C15H24N8O2/c1-15(2,3)25-14(24)23-8-6-22(7-9-23)13-18-12(20-21-13)16-10-11-4-5-17-19-11/h4-5H,6-10H2,1-3H3,(H,17,19)(H2,16,18,20,21). The van der Waals surface area contributed by atoms with E-state index in [9.17, 15) is 4.79 Å². The molecule has 10 heteroatoms. The second-order valence-electron chi connectivity index (χ2n) is 6.87. The van der Waals surface area contributed by atoms with Crippen LogP contribution in [-0.4, -0.2) is 68.2 Å². The smallest absolute Gasteiger partial charge is 0.410 e. The van der Waals surface area contributed by atoms with Crippen molar-refractivity contribution in [3.8, 4) is 0 Å². The number of carbonyl (C=O) groups is 1. The molecule has 1 aliphatic heterocycles. The number of aromatic nitrogens is 5. The van der Waals surface area contributed by atoms with Gasteiger partial charge in [-0.3, -0.25) is 5.10 Å². The van der Waals surface area contributed by atoms with Gasteiger partial charge in [-0.1, -0.05) is 0 Å². The molecule has 0 unspecified atom stereocenters. The normalized spacial score (nSPS) is 15.3. The number of carbonyl (C=O) groups excluding carboxylic acids is 1. The van der Waals surface area contributed by atoms with E-state index >= 15 is 0 Å². The van der Waals surface area contributed by atoms with Crippen LogP contribution < -0.4 is 10.2 Å². The molecule has 0 radical (unpaired) electrons. The van der Waals surface area contributed by atoms with E-state index in [1.165, 1.54) is 0 Å². The molecule has 1 aliphatic rings. The summed E-state index contributed by atoms with van der Waals surface area (Å²) in [6.07, 6.45) is 1.43. The predicted molar refractivity (Wildman–Crippen MR) is 92.3 cm³/mol. The largest absolute Gasteiger partial charge is 0.444 e. The number of piperazine rings is 1. The summed E-state index contributed by atoms with van der Waals surface area (Å²) in [5, 5.41) is 17.0. The Morgan fingerprint density at radius 2 is 2.04 bits per heavy atom. The van der Waals surface area contributed by atoms with Crippen LogP contribution in [0.4, 0.5) is 16.7 Å². The van der Waals surface area contributed by atoms with Gasteiger partial charge in [-0.25, -0.2) is 9.89 Å². The molecule has 3 N–H and O–H groups in total. The molecule has 0 bridgehead atoms. The van der Waals surface area contributed by atoms with Gasteiger partial charge < -0.3 is 19.9 Å². The number of hydrogen-bond donors (Lipinski definition) is 3. The Balaban J connectivity index is 1.49. The molecule has 136 valence electrons. The van der Waals surface area contributed by atoms with Crippen molar-refractivity contribution in [1.29, 1.82) is 0 Å². The Morgan fingerprint density at radius 3 is 2.68 bits per heavy atom. The molecule has 0 aliphatic carbocycles. The number of aromatic amines is 2. The van der Waals surface area contributed by atoms with Crippen LogP contribution >= 0.6 is 0 Å². The number of amides is 1. The van der Waals surface area contributed by atoms with Crippen molar-refractivity contribution >= 4 is 18.0 Å². The fraction of sp³-hybridized carbons (Fsp3) is 0.600. The fourth-order valence-electron chi connectivity index (χ4n) is 2.45. The zero-order valence-electron chi connectivity index (χ0n) is 14.7. The third kappa shape index (κ3) is 4.61. The number of H-pyrrole nitrogens is 2. The van der Waals surface area contributed by atoms with Crippen LogP contribution in [0.15, 0.2) is 12.3 Å². The molecule has 1 amide bonds. The van der Waals surface area contributed by atoms with Crippen LogP contribution in [0.3, 0.4) is 0 Å². The highest BCUT2D eigenvalue weighted by atomic mass is 16.6. The van der Waals surface area contributed by atoms with Gasteiger partial charge in [0.15, 0.2) is 0 Å². The molecule has 0 saturated carbocycles.